The van der Waals surface area contributed by atoms with Crippen LogP contribution in [0.4, 0.5) is 0 Å². The molecule has 1 N–H and O–H groups in total. The molecule has 86 valence electrons. The molecule has 0 saturated heterocycles. The third kappa shape index (κ3) is 4.48. The number of rotatable bonds is 3. The maximum atomic E-state index is 3.34. The zero-order valence-electron chi connectivity index (χ0n) is 10.8. The van der Waals surface area contributed by atoms with E-state index in [1.807, 2.05) is 27.8 Å². The second kappa shape index (κ2) is 8.49. The highest BCUT2D eigenvalue weighted by Gasteiger charge is 2.18. The Morgan fingerprint density at radius 1 is 1.27 bits per heavy atom. The van der Waals surface area contributed by atoms with Crippen LogP contribution in [0.25, 0.3) is 0 Å². The first kappa shape index (κ1) is 14.2. The average molecular weight is 207 g/mol. The van der Waals surface area contributed by atoms with Gasteiger partial charge in [-0.3, -0.25) is 0 Å². The van der Waals surface area contributed by atoms with Gasteiger partial charge < -0.3 is 5.32 Å². The summed E-state index contributed by atoms with van der Waals surface area (Å²) in [6, 6.07) is 0.571. The molecule has 0 amide bonds. The van der Waals surface area contributed by atoms with Crippen LogP contribution in [-0.2, 0) is 0 Å². The van der Waals surface area contributed by atoms with E-state index >= 15 is 0 Å². The molecule has 0 spiro atoms. The number of hydrogen-bond acceptors (Lipinski definition) is 1. The van der Waals surface area contributed by atoms with Crippen molar-refractivity contribution in [1.82, 2.24) is 5.32 Å². The molecule has 1 aliphatic carbocycles. The van der Waals surface area contributed by atoms with Crippen LogP contribution in [0.3, 0.4) is 0 Å². The molecule has 0 saturated carbocycles. The van der Waals surface area contributed by atoms with E-state index in [0.29, 0.717) is 6.04 Å². The molecular weight excluding hydrogens is 182 g/mol. The molecular formula is C14H25N. The predicted octanol–water partition coefficient (Wildman–Crippen LogP) is 3.84. The van der Waals surface area contributed by atoms with E-state index < -0.39 is 0 Å². The third-order valence-electron chi connectivity index (χ3n) is 2.60. The fourth-order valence-corrected chi connectivity index (χ4v) is 1.79. The lowest BCUT2D eigenvalue weighted by Crippen LogP contribution is -2.23. The Labute approximate surface area is 95.0 Å². The molecule has 1 unspecified atom stereocenters. The Hall–Kier alpha value is -0.820. The van der Waals surface area contributed by atoms with Crippen molar-refractivity contribution in [1.29, 1.82) is 0 Å². The number of hydrogen-bond donors (Lipinski definition) is 1. The minimum absolute atomic E-state index is 0.571. The van der Waals surface area contributed by atoms with Crippen molar-refractivity contribution in [3.8, 4) is 0 Å². The monoisotopic (exact) mass is 207 g/mol. The smallest absolute Gasteiger partial charge is 0.0320 e. The highest BCUT2D eigenvalue weighted by molar-refractivity contribution is 5.35. The lowest BCUT2D eigenvalue weighted by Gasteiger charge is -2.10. The van der Waals surface area contributed by atoms with E-state index in [2.05, 4.69) is 36.5 Å². The van der Waals surface area contributed by atoms with Gasteiger partial charge in [0.05, 0.1) is 0 Å². The van der Waals surface area contributed by atoms with Crippen LogP contribution in [0.1, 0.15) is 40.5 Å². The van der Waals surface area contributed by atoms with E-state index in [1.165, 1.54) is 24.0 Å². The van der Waals surface area contributed by atoms with Crippen LogP contribution in [0, 0.1) is 0 Å². The summed E-state index contributed by atoms with van der Waals surface area (Å²) in [7, 11) is 2.03. The van der Waals surface area contributed by atoms with Crippen LogP contribution in [0.15, 0.2) is 35.5 Å². The Morgan fingerprint density at radius 2 is 1.93 bits per heavy atom. The average Bonchev–Trinajstić information content (AvgIpc) is 2.63. The van der Waals surface area contributed by atoms with Crippen molar-refractivity contribution in [2.45, 2.75) is 46.6 Å². The zero-order valence-corrected chi connectivity index (χ0v) is 10.8. The van der Waals surface area contributed by atoms with Crippen molar-refractivity contribution in [3.63, 3.8) is 0 Å². The first-order valence-corrected chi connectivity index (χ1v) is 5.96. The van der Waals surface area contributed by atoms with Crippen molar-refractivity contribution < 1.29 is 0 Å². The zero-order chi connectivity index (χ0) is 11.7. The lowest BCUT2D eigenvalue weighted by atomic mass is 10.1. The van der Waals surface area contributed by atoms with E-state index in [1.54, 1.807) is 0 Å². The summed E-state index contributed by atoms with van der Waals surface area (Å²) in [6.45, 7) is 8.27. The Bertz CT molecular complexity index is 246. The van der Waals surface area contributed by atoms with Gasteiger partial charge in [-0.1, -0.05) is 43.7 Å². The lowest BCUT2D eigenvalue weighted by molar-refractivity contribution is 0.635. The second-order valence-corrected chi connectivity index (χ2v) is 3.50. The van der Waals surface area contributed by atoms with Gasteiger partial charge in [0.1, 0.15) is 0 Å². The van der Waals surface area contributed by atoms with Crippen LogP contribution in [0.2, 0.25) is 0 Å². The maximum absolute atomic E-state index is 3.34. The van der Waals surface area contributed by atoms with Crippen LogP contribution in [0.5, 0.6) is 0 Å². The molecule has 0 fully saturated rings. The van der Waals surface area contributed by atoms with Crippen LogP contribution >= 0.6 is 0 Å². The summed E-state index contributed by atoms with van der Waals surface area (Å²) in [5.41, 5.74) is 3.00. The quantitative estimate of drug-likeness (QED) is 0.693. The SMILES string of the molecule is C/C=C\C=C/C1=C(C)CCC1NC.CC. The van der Waals surface area contributed by atoms with Gasteiger partial charge in [-0.15, -0.1) is 0 Å². The number of allylic oxidation sites excluding steroid dienone is 4. The molecule has 1 rings (SSSR count). The van der Waals surface area contributed by atoms with Crippen molar-refractivity contribution >= 4 is 0 Å². The largest absolute Gasteiger partial charge is 0.313 e. The van der Waals surface area contributed by atoms with E-state index in [-0.39, 0.29) is 0 Å². The molecule has 0 bridgehead atoms. The molecule has 0 aromatic carbocycles. The van der Waals surface area contributed by atoms with Crippen molar-refractivity contribution in [2.24, 2.45) is 0 Å². The summed E-state index contributed by atoms with van der Waals surface area (Å²) in [6.07, 6.45) is 11.0. The first-order chi connectivity index (χ1) is 7.29. The molecule has 0 heterocycles. The van der Waals surface area contributed by atoms with Gasteiger partial charge in [-0.05, 0) is 39.3 Å². The standard InChI is InChI=1S/C12H19N.C2H6/c1-4-5-6-7-11-10(2)8-9-12(11)13-3;1-2/h4-7,12-13H,8-9H2,1-3H3;1-2H3/b5-4-,7-6-;. The van der Waals surface area contributed by atoms with E-state index in [9.17, 15) is 0 Å². The topological polar surface area (TPSA) is 12.0 Å². The molecule has 1 heteroatoms. The molecule has 0 aromatic rings. The Balaban J connectivity index is 0.000000921. The van der Waals surface area contributed by atoms with Gasteiger partial charge in [0.15, 0.2) is 0 Å². The molecule has 15 heavy (non-hydrogen) atoms. The van der Waals surface area contributed by atoms with E-state index in [0.717, 1.165) is 0 Å². The number of nitrogens with one attached hydrogen (secondary N) is 1. The molecule has 0 radical (unpaired) electrons. The second-order valence-electron chi connectivity index (χ2n) is 3.50. The van der Waals surface area contributed by atoms with Gasteiger partial charge in [-0.2, -0.15) is 0 Å². The molecule has 1 nitrogen and oxygen atoms in total. The molecule has 0 aliphatic heterocycles. The minimum atomic E-state index is 0.571. The normalized spacial score (nSPS) is 21.3. The third-order valence-corrected chi connectivity index (χ3v) is 2.60. The summed E-state index contributed by atoms with van der Waals surface area (Å²) < 4.78 is 0. The summed E-state index contributed by atoms with van der Waals surface area (Å²) in [4.78, 5) is 0. The van der Waals surface area contributed by atoms with Gasteiger partial charge in [0.25, 0.3) is 0 Å². The maximum Gasteiger partial charge on any atom is 0.0320 e. The first-order valence-electron chi connectivity index (χ1n) is 5.96. The van der Waals surface area contributed by atoms with Gasteiger partial charge in [0, 0.05) is 6.04 Å². The van der Waals surface area contributed by atoms with Gasteiger partial charge in [-0.25, -0.2) is 0 Å². The minimum Gasteiger partial charge on any atom is -0.313 e. The fraction of sp³-hybridized carbons (Fsp3) is 0.571. The highest BCUT2D eigenvalue weighted by atomic mass is 14.9. The van der Waals surface area contributed by atoms with Gasteiger partial charge >= 0.3 is 0 Å². The molecule has 0 aromatic heterocycles. The number of likely N-dealkylation sites (N-methyl/N-ethyl adjacent to an activating group) is 1. The molecule has 1 atom stereocenters. The van der Waals surface area contributed by atoms with Crippen molar-refractivity contribution in [2.75, 3.05) is 7.05 Å². The Kier molecular flexibility index (Phi) is 8.02. The van der Waals surface area contributed by atoms with Gasteiger partial charge in [0.2, 0.25) is 0 Å². The predicted molar refractivity (Wildman–Crippen MR) is 70.1 cm³/mol. The summed E-state index contributed by atoms with van der Waals surface area (Å²) in [5, 5.41) is 3.34. The summed E-state index contributed by atoms with van der Waals surface area (Å²) in [5.74, 6) is 0. The molecule has 1 aliphatic rings. The van der Waals surface area contributed by atoms with E-state index in [4.69, 9.17) is 0 Å². The summed E-state index contributed by atoms with van der Waals surface area (Å²) >= 11 is 0. The fourth-order valence-electron chi connectivity index (χ4n) is 1.79. The van der Waals surface area contributed by atoms with Crippen LogP contribution < -0.4 is 5.32 Å². The van der Waals surface area contributed by atoms with Crippen molar-refractivity contribution in [3.05, 3.63) is 35.5 Å². The van der Waals surface area contributed by atoms with Crippen LogP contribution in [-0.4, -0.2) is 13.1 Å². The highest BCUT2D eigenvalue weighted by Crippen LogP contribution is 2.26. The Morgan fingerprint density at radius 3 is 2.47 bits per heavy atom.